The lowest BCUT2D eigenvalue weighted by Gasteiger charge is -2.19. The number of nitrogens with one attached hydrogen (secondary N) is 1. The fourth-order valence-corrected chi connectivity index (χ4v) is 2.63. The zero-order valence-corrected chi connectivity index (χ0v) is 14.7. The molecule has 140 valence electrons. The highest BCUT2D eigenvalue weighted by atomic mass is 32.2. The minimum absolute atomic E-state index is 0.0540. The molecule has 1 rings (SSSR count). The number of alkyl carbamates (subject to hydrolysis) is 1. The van der Waals surface area contributed by atoms with E-state index in [1.807, 2.05) is 0 Å². The SMILES string of the molecule is CC(C)(C)OC(=O)NCCCSc1c(F)c(F)c(C(N)=O)c(F)c1F. The van der Waals surface area contributed by atoms with Crippen molar-refractivity contribution in [3.8, 4) is 0 Å². The number of benzene rings is 1. The Bertz CT molecular complexity index is 649. The molecular formula is C15H18F4N2O3S. The van der Waals surface area contributed by atoms with E-state index in [4.69, 9.17) is 10.5 Å². The van der Waals surface area contributed by atoms with Crippen molar-refractivity contribution in [2.45, 2.75) is 37.7 Å². The smallest absolute Gasteiger partial charge is 0.407 e. The number of amides is 2. The Morgan fingerprint density at radius 2 is 1.60 bits per heavy atom. The lowest BCUT2D eigenvalue weighted by Crippen LogP contribution is -2.33. The van der Waals surface area contributed by atoms with E-state index in [0.29, 0.717) is 11.8 Å². The molecule has 0 unspecified atom stereocenters. The molecular weight excluding hydrogens is 364 g/mol. The Morgan fingerprint density at radius 1 is 1.08 bits per heavy atom. The van der Waals surface area contributed by atoms with E-state index in [1.165, 1.54) is 0 Å². The van der Waals surface area contributed by atoms with Gasteiger partial charge in [0.1, 0.15) is 11.2 Å². The summed E-state index contributed by atoms with van der Waals surface area (Å²) < 4.78 is 59.8. The molecule has 0 fully saturated rings. The normalized spacial score (nSPS) is 11.3. The molecule has 0 aliphatic heterocycles. The first-order valence-corrected chi connectivity index (χ1v) is 8.19. The van der Waals surface area contributed by atoms with Crippen LogP contribution in [0.3, 0.4) is 0 Å². The van der Waals surface area contributed by atoms with Crippen molar-refractivity contribution in [3.05, 3.63) is 28.8 Å². The molecule has 0 radical (unpaired) electrons. The van der Waals surface area contributed by atoms with Crippen LogP contribution in [0.5, 0.6) is 0 Å². The Morgan fingerprint density at radius 3 is 2.04 bits per heavy atom. The molecule has 0 aromatic heterocycles. The monoisotopic (exact) mass is 382 g/mol. The van der Waals surface area contributed by atoms with Crippen molar-refractivity contribution in [3.63, 3.8) is 0 Å². The summed E-state index contributed by atoms with van der Waals surface area (Å²) in [6, 6.07) is 0. The van der Waals surface area contributed by atoms with Gasteiger partial charge in [-0.3, -0.25) is 4.79 Å². The van der Waals surface area contributed by atoms with Crippen molar-refractivity contribution >= 4 is 23.8 Å². The van der Waals surface area contributed by atoms with Crippen LogP contribution in [0.1, 0.15) is 37.6 Å². The highest BCUT2D eigenvalue weighted by molar-refractivity contribution is 7.99. The summed E-state index contributed by atoms with van der Waals surface area (Å²) in [7, 11) is 0. The molecule has 0 spiro atoms. The molecule has 1 aromatic carbocycles. The molecule has 5 nitrogen and oxygen atoms in total. The van der Waals surface area contributed by atoms with Crippen molar-refractivity contribution in [1.82, 2.24) is 5.32 Å². The van der Waals surface area contributed by atoms with Crippen LogP contribution in [0.2, 0.25) is 0 Å². The Hall–Kier alpha value is -1.97. The number of nitrogens with two attached hydrogens (primary N) is 1. The van der Waals surface area contributed by atoms with Crippen LogP contribution < -0.4 is 11.1 Å². The van der Waals surface area contributed by atoms with E-state index >= 15 is 0 Å². The molecule has 10 heteroatoms. The van der Waals surface area contributed by atoms with Gasteiger partial charge >= 0.3 is 6.09 Å². The van der Waals surface area contributed by atoms with Gasteiger partial charge in [-0.1, -0.05) is 0 Å². The molecule has 0 aliphatic rings. The number of ether oxygens (including phenoxy) is 1. The lowest BCUT2D eigenvalue weighted by atomic mass is 10.1. The van der Waals surface area contributed by atoms with Crippen LogP contribution >= 0.6 is 11.8 Å². The van der Waals surface area contributed by atoms with Crippen molar-refractivity contribution in [2.75, 3.05) is 12.3 Å². The Balaban J connectivity index is 2.65. The summed E-state index contributed by atoms with van der Waals surface area (Å²) in [6.45, 7) is 5.20. The van der Waals surface area contributed by atoms with Gasteiger partial charge in [-0.05, 0) is 32.9 Å². The average Bonchev–Trinajstić information content (AvgIpc) is 2.46. The predicted octanol–water partition coefficient (Wildman–Crippen LogP) is 3.35. The van der Waals surface area contributed by atoms with Crippen molar-refractivity contribution in [1.29, 1.82) is 0 Å². The summed E-state index contributed by atoms with van der Waals surface area (Å²) in [6.07, 6.45) is -0.401. The number of carbonyl (C=O) groups is 2. The van der Waals surface area contributed by atoms with Gasteiger partial charge in [-0.25, -0.2) is 22.4 Å². The van der Waals surface area contributed by atoms with Crippen LogP contribution in [0.25, 0.3) is 0 Å². The van der Waals surface area contributed by atoms with Gasteiger partial charge in [0.25, 0.3) is 5.91 Å². The number of thioether (sulfide) groups is 1. The largest absolute Gasteiger partial charge is 0.444 e. The molecule has 2 amide bonds. The van der Waals surface area contributed by atoms with Crippen LogP contribution in [0, 0.1) is 23.3 Å². The second kappa shape index (κ2) is 8.41. The Kier molecular flexibility index (Phi) is 7.09. The standard InChI is InChI=1S/C15H18F4N2O3S/c1-15(2,3)24-14(23)21-5-4-6-25-12-10(18)8(16)7(13(20)22)9(17)11(12)19/h4-6H2,1-3H3,(H2,20,22)(H,21,23). The molecule has 3 N–H and O–H groups in total. The summed E-state index contributed by atoms with van der Waals surface area (Å²) >= 11 is 0.513. The third kappa shape index (κ3) is 5.80. The first-order valence-electron chi connectivity index (χ1n) is 7.21. The van der Waals surface area contributed by atoms with Crippen molar-refractivity contribution in [2.24, 2.45) is 5.73 Å². The minimum atomic E-state index is -1.83. The lowest BCUT2D eigenvalue weighted by molar-refractivity contribution is 0.0528. The van der Waals surface area contributed by atoms with Gasteiger partial charge in [0.05, 0.1) is 4.90 Å². The average molecular weight is 382 g/mol. The maximum absolute atomic E-state index is 13.8. The maximum Gasteiger partial charge on any atom is 0.407 e. The van der Waals surface area contributed by atoms with E-state index < -0.39 is 51.3 Å². The third-order valence-corrected chi connectivity index (χ3v) is 3.85. The predicted molar refractivity (Wildman–Crippen MR) is 84.4 cm³/mol. The fourth-order valence-electron chi connectivity index (χ4n) is 1.71. The molecule has 0 atom stereocenters. The summed E-state index contributed by atoms with van der Waals surface area (Å²) in [4.78, 5) is 21.4. The fraction of sp³-hybridized carbons (Fsp3) is 0.467. The molecule has 0 heterocycles. The van der Waals surface area contributed by atoms with Gasteiger partial charge in [0.15, 0.2) is 23.3 Å². The van der Waals surface area contributed by atoms with Gasteiger partial charge in [-0.2, -0.15) is 0 Å². The number of carbonyl (C=O) groups excluding carboxylic acids is 2. The second-order valence-corrected chi connectivity index (χ2v) is 7.06. The molecule has 0 bridgehead atoms. The molecule has 0 saturated carbocycles. The van der Waals surface area contributed by atoms with E-state index in [1.54, 1.807) is 20.8 Å². The van der Waals surface area contributed by atoms with E-state index in [0.717, 1.165) is 0 Å². The second-order valence-electron chi connectivity index (χ2n) is 5.95. The molecule has 0 aliphatic carbocycles. The topological polar surface area (TPSA) is 81.4 Å². The van der Waals surface area contributed by atoms with Gasteiger partial charge in [0.2, 0.25) is 0 Å². The third-order valence-electron chi connectivity index (χ3n) is 2.71. The number of primary amides is 1. The zero-order valence-electron chi connectivity index (χ0n) is 13.8. The van der Waals surface area contributed by atoms with E-state index in [-0.39, 0.29) is 18.7 Å². The Labute approximate surface area is 146 Å². The summed E-state index contributed by atoms with van der Waals surface area (Å²) in [5.74, 6) is -8.58. The van der Waals surface area contributed by atoms with Crippen LogP contribution in [0.4, 0.5) is 22.4 Å². The number of hydrogen-bond donors (Lipinski definition) is 2. The maximum atomic E-state index is 13.8. The zero-order chi connectivity index (χ0) is 19.4. The van der Waals surface area contributed by atoms with Gasteiger partial charge in [0, 0.05) is 6.54 Å². The number of rotatable bonds is 6. The van der Waals surface area contributed by atoms with Crippen LogP contribution in [-0.4, -0.2) is 29.9 Å². The first kappa shape index (κ1) is 21.1. The van der Waals surface area contributed by atoms with Crippen molar-refractivity contribution < 1.29 is 31.9 Å². The first-order chi connectivity index (χ1) is 11.5. The number of hydrogen-bond acceptors (Lipinski definition) is 4. The molecule has 1 aromatic rings. The summed E-state index contributed by atoms with van der Waals surface area (Å²) in [5.41, 5.74) is 2.59. The minimum Gasteiger partial charge on any atom is -0.444 e. The molecule has 25 heavy (non-hydrogen) atoms. The van der Waals surface area contributed by atoms with Crippen LogP contribution in [-0.2, 0) is 4.74 Å². The van der Waals surface area contributed by atoms with E-state index in [9.17, 15) is 27.2 Å². The highest BCUT2D eigenvalue weighted by Crippen LogP contribution is 2.31. The van der Waals surface area contributed by atoms with Crippen LogP contribution in [0.15, 0.2) is 4.90 Å². The van der Waals surface area contributed by atoms with E-state index in [2.05, 4.69) is 5.32 Å². The summed E-state index contributed by atoms with van der Waals surface area (Å²) in [5, 5.41) is 2.43. The number of halogens is 4. The van der Waals surface area contributed by atoms with Gasteiger partial charge in [-0.15, -0.1) is 11.8 Å². The quantitative estimate of drug-likeness (QED) is 0.342. The van der Waals surface area contributed by atoms with Gasteiger partial charge < -0.3 is 15.8 Å². The molecule has 0 saturated heterocycles. The highest BCUT2D eigenvalue weighted by Gasteiger charge is 2.28.